The SMILES string of the molecule is CSc1nc(NC(=O)C2CC2)nc2c1c(C)cn2SI. The van der Waals surface area contributed by atoms with Gasteiger partial charge in [0.25, 0.3) is 0 Å². The smallest absolute Gasteiger partial charge is 0.232 e. The Morgan fingerprint density at radius 1 is 1.50 bits per heavy atom. The first-order chi connectivity index (χ1) is 9.63. The lowest BCUT2D eigenvalue weighted by molar-refractivity contribution is -0.117. The Morgan fingerprint density at radius 3 is 2.85 bits per heavy atom. The van der Waals surface area contributed by atoms with E-state index in [-0.39, 0.29) is 11.8 Å². The van der Waals surface area contributed by atoms with Gasteiger partial charge in [-0.25, -0.2) is 4.98 Å². The van der Waals surface area contributed by atoms with E-state index in [1.54, 1.807) is 20.9 Å². The van der Waals surface area contributed by atoms with Gasteiger partial charge < -0.3 is 0 Å². The van der Waals surface area contributed by atoms with Gasteiger partial charge in [-0.1, -0.05) is 0 Å². The van der Waals surface area contributed by atoms with E-state index in [4.69, 9.17) is 0 Å². The summed E-state index contributed by atoms with van der Waals surface area (Å²) in [6.07, 6.45) is 5.98. The number of aromatic nitrogens is 3. The molecule has 1 aliphatic carbocycles. The topological polar surface area (TPSA) is 59.8 Å². The summed E-state index contributed by atoms with van der Waals surface area (Å²) in [5.41, 5.74) is 2.00. The fraction of sp³-hybridized carbons (Fsp3) is 0.417. The van der Waals surface area contributed by atoms with Gasteiger partial charge in [-0.05, 0) is 31.6 Å². The van der Waals surface area contributed by atoms with Crippen molar-refractivity contribution in [1.82, 2.24) is 13.9 Å². The standard InChI is InChI=1S/C12H13IN4OS2/c1-6-5-17(20-13)9-8(6)11(19-2)16-12(14-9)15-10(18)7-3-4-7/h5,7H,3-4H2,1-2H3,(H,14,15,16,18). The predicted octanol–water partition coefficient (Wildman–Crippen LogP) is 3.66. The third-order valence-electron chi connectivity index (χ3n) is 3.22. The summed E-state index contributed by atoms with van der Waals surface area (Å²) < 4.78 is 2.00. The lowest BCUT2D eigenvalue weighted by Gasteiger charge is -2.07. The Kier molecular flexibility index (Phi) is 4.14. The second kappa shape index (κ2) is 5.72. The number of aryl methyl sites for hydroxylation is 1. The first-order valence-electron chi connectivity index (χ1n) is 6.17. The average molecular weight is 420 g/mol. The summed E-state index contributed by atoms with van der Waals surface area (Å²) in [7, 11) is 1.56. The summed E-state index contributed by atoms with van der Waals surface area (Å²) in [4.78, 5) is 20.8. The molecular formula is C12H13IN4OS2. The largest absolute Gasteiger partial charge is 0.294 e. The van der Waals surface area contributed by atoms with Crippen LogP contribution in [0.2, 0.25) is 0 Å². The molecule has 20 heavy (non-hydrogen) atoms. The second-order valence-electron chi connectivity index (χ2n) is 4.73. The van der Waals surface area contributed by atoms with Crippen LogP contribution in [0.5, 0.6) is 0 Å². The van der Waals surface area contributed by atoms with Crippen molar-refractivity contribution in [2.24, 2.45) is 5.92 Å². The van der Waals surface area contributed by atoms with Gasteiger partial charge in [-0.2, -0.15) is 4.98 Å². The van der Waals surface area contributed by atoms with Gasteiger partial charge >= 0.3 is 0 Å². The van der Waals surface area contributed by atoms with E-state index in [2.05, 4.69) is 43.4 Å². The quantitative estimate of drug-likeness (QED) is 0.465. The lowest BCUT2D eigenvalue weighted by atomic mass is 10.3. The first kappa shape index (κ1) is 14.5. The number of nitrogens with zero attached hydrogens (tertiary/aromatic N) is 3. The number of anilines is 1. The molecular weight excluding hydrogens is 407 g/mol. The molecule has 0 saturated heterocycles. The normalized spacial score (nSPS) is 14.8. The highest BCUT2D eigenvalue weighted by molar-refractivity contribution is 14.2. The maximum absolute atomic E-state index is 11.9. The van der Waals surface area contributed by atoms with Crippen molar-refractivity contribution in [3.63, 3.8) is 0 Å². The molecule has 106 valence electrons. The maximum Gasteiger partial charge on any atom is 0.232 e. The van der Waals surface area contributed by atoms with Gasteiger partial charge in [-0.15, -0.1) is 11.8 Å². The molecule has 0 bridgehead atoms. The molecule has 1 fully saturated rings. The van der Waals surface area contributed by atoms with Crippen molar-refractivity contribution in [2.45, 2.75) is 24.8 Å². The molecule has 0 aromatic carbocycles. The third-order valence-corrected chi connectivity index (χ3v) is 5.60. The number of hydrogen-bond donors (Lipinski definition) is 1. The van der Waals surface area contributed by atoms with Crippen molar-refractivity contribution in [1.29, 1.82) is 0 Å². The van der Waals surface area contributed by atoms with E-state index in [1.807, 2.05) is 16.4 Å². The number of carbonyl (C=O) groups excluding carboxylic acids is 1. The highest BCUT2D eigenvalue weighted by atomic mass is 127. The minimum atomic E-state index is 0.0355. The zero-order chi connectivity index (χ0) is 14.3. The van der Waals surface area contributed by atoms with Crippen LogP contribution in [-0.2, 0) is 4.79 Å². The number of halogens is 1. The number of fused-ring (bicyclic) bond motifs is 1. The van der Waals surface area contributed by atoms with Crippen LogP contribution in [0.3, 0.4) is 0 Å². The fourth-order valence-corrected chi connectivity index (χ4v) is 3.98. The van der Waals surface area contributed by atoms with Gasteiger partial charge in [-0.3, -0.25) is 14.1 Å². The van der Waals surface area contributed by atoms with Crippen molar-refractivity contribution < 1.29 is 4.79 Å². The van der Waals surface area contributed by atoms with Crippen LogP contribution in [0, 0.1) is 12.8 Å². The molecule has 1 amide bonds. The zero-order valence-corrected chi connectivity index (χ0v) is 14.8. The van der Waals surface area contributed by atoms with Crippen LogP contribution in [0.15, 0.2) is 11.2 Å². The Labute approximate surface area is 137 Å². The molecule has 2 aromatic rings. The van der Waals surface area contributed by atoms with Gasteiger partial charge in [0.1, 0.15) is 5.03 Å². The summed E-state index contributed by atoms with van der Waals surface area (Å²) >= 11 is 3.80. The molecule has 0 spiro atoms. The number of rotatable bonds is 4. The van der Waals surface area contributed by atoms with Gasteiger partial charge in [0.05, 0.1) is 5.39 Å². The molecule has 1 saturated carbocycles. The highest BCUT2D eigenvalue weighted by Crippen LogP contribution is 2.34. The minimum absolute atomic E-state index is 0.0355. The molecule has 1 aliphatic rings. The summed E-state index contributed by atoms with van der Waals surface area (Å²) in [5.74, 6) is 0.594. The monoisotopic (exact) mass is 420 g/mol. The van der Waals surface area contributed by atoms with Crippen LogP contribution >= 0.6 is 42.1 Å². The first-order valence-corrected chi connectivity index (χ1v) is 10.7. The van der Waals surface area contributed by atoms with E-state index in [0.29, 0.717) is 5.95 Å². The van der Waals surface area contributed by atoms with Crippen molar-refractivity contribution >= 4 is 65.0 Å². The molecule has 0 radical (unpaired) electrons. The molecule has 0 unspecified atom stereocenters. The van der Waals surface area contributed by atoms with E-state index in [9.17, 15) is 4.79 Å². The van der Waals surface area contributed by atoms with Crippen LogP contribution in [0.4, 0.5) is 5.95 Å². The Hall–Kier alpha value is -0.480. The zero-order valence-electron chi connectivity index (χ0n) is 11.0. The van der Waals surface area contributed by atoms with E-state index >= 15 is 0 Å². The molecule has 2 aromatic heterocycles. The van der Waals surface area contributed by atoms with Crippen LogP contribution in [0.1, 0.15) is 18.4 Å². The highest BCUT2D eigenvalue weighted by Gasteiger charge is 2.30. The van der Waals surface area contributed by atoms with Crippen molar-refractivity contribution in [3.8, 4) is 0 Å². The molecule has 3 rings (SSSR count). The predicted molar refractivity (Wildman–Crippen MR) is 92.4 cm³/mol. The van der Waals surface area contributed by atoms with Crippen molar-refractivity contribution in [2.75, 3.05) is 11.6 Å². The fourth-order valence-electron chi connectivity index (χ4n) is 2.05. The third kappa shape index (κ3) is 2.64. The van der Waals surface area contributed by atoms with E-state index < -0.39 is 0 Å². The van der Waals surface area contributed by atoms with Crippen LogP contribution in [-0.4, -0.2) is 26.1 Å². The number of carbonyl (C=O) groups is 1. The van der Waals surface area contributed by atoms with Crippen LogP contribution in [0.25, 0.3) is 11.0 Å². The molecule has 0 aliphatic heterocycles. The van der Waals surface area contributed by atoms with Gasteiger partial charge in [0.15, 0.2) is 5.65 Å². The Bertz CT molecular complexity index is 684. The summed E-state index contributed by atoms with van der Waals surface area (Å²) in [5, 5.41) is 4.80. The molecule has 2 heterocycles. The van der Waals surface area contributed by atoms with E-state index in [1.165, 1.54) is 0 Å². The van der Waals surface area contributed by atoms with Crippen molar-refractivity contribution in [3.05, 3.63) is 11.8 Å². The Balaban J connectivity index is 2.07. The number of thioether (sulfide) groups is 1. The second-order valence-corrected chi connectivity index (χ2v) is 7.23. The molecule has 5 nitrogen and oxygen atoms in total. The Morgan fingerprint density at radius 2 is 2.25 bits per heavy atom. The summed E-state index contributed by atoms with van der Waals surface area (Å²) in [6, 6.07) is 0. The van der Waals surface area contributed by atoms with Gasteiger partial charge in [0.2, 0.25) is 11.9 Å². The summed E-state index contributed by atoms with van der Waals surface area (Å²) in [6.45, 7) is 2.05. The van der Waals surface area contributed by atoms with Crippen LogP contribution < -0.4 is 5.32 Å². The van der Waals surface area contributed by atoms with Gasteiger partial charge in [0, 0.05) is 42.4 Å². The average Bonchev–Trinajstić information content (AvgIpc) is 3.23. The molecule has 1 N–H and O–H groups in total. The number of hydrogen-bond acceptors (Lipinski definition) is 5. The number of amides is 1. The number of nitrogens with one attached hydrogen (secondary N) is 1. The minimum Gasteiger partial charge on any atom is -0.294 e. The lowest BCUT2D eigenvalue weighted by Crippen LogP contribution is -2.16. The van der Waals surface area contributed by atoms with E-state index in [0.717, 1.165) is 34.5 Å². The molecule has 0 atom stereocenters. The maximum atomic E-state index is 11.9. The molecule has 8 heteroatoms.